The van der Waals surface area contributed by atoms with Gasteiger partial charge in [-0.05, 0) is 137 Å². The minimum atomic E-state index is 1.07. The van der Waals surface area contributed by atoms with Crippen LogP contribution < -0.4 is 4.90 Å². The predicted octanol–water partition coefficient (Wildman–Crippen LogP) is 22.6. The van der Waals surface area contributed by atoms with Crippen LogP contribution in [0.25, 0.3) is 68.3 Å². The molecule has 0 fully saturated rings. The van der Waals surface area contributed by atoms with E-state index in [4.69, 9.17) is 0 Å². The van der Waals surface area contributed by atoms with Gasteiger partial charge in [0.05, 0.1) is 0 Å². The van der Waals surface area contributed by atoms with Crippen LogP contribution >= 0.6 is 0 Å². The van der Waals surface area contributed by atoms with E-state index in [9.17, 15) is 0 Å². The van der Waals surface area contributed by atoms with Gasteiger partial charge < -0.3 is 4.90 Å². The van der Waals surface area contributed by atoms with Crippen LogP contribution in [0.4, 0.5) is 17.1 Å². The quantitative estimate of drug-likeness (QED) is 0.0774. The van der Waals surface area contributed by atoms with Gasteiger partial charge in [-0.1, -0.05) is 346 Å². The Morgan fingerprint density at radius 1 is 0.188 bits per heavy atom. The molecule has 0 N–H and O–H groups in total. The molecule has 1 heteroatoms. The van der Waals surface area contributed by atoms with Crippen LogP contribution in [0.5, 0.6) is 0 Å². The Morgan fingerprint density at radius 2 is 0.365 bits per heavy atom. The highest BCUT2D eigenvalue weighted by atomic mass is 15.1. The highest BCUT2D eigenvalue weighted by Gasteiger charge is 2.15. The van der Waals surface area contributed by atoms with Crippen LogP contribution in [0.15, 0.2) is 364 Å². The van der Waals surface area contributed by atoms with Gasteiger partial charge in [0.25, 0.3) is 0 Å². The van der Waals surface area contributed by atoms with Crippen molar-refractivity contribution in [1.82, 2.24) is 0 Å². The van der Waals surface area contributed by atoms with Gasteiger partial charge in [0.1, 0.15) is 0 Å². The molecule has 0 saturated carbocycles. The minimum absolute atomic E-state index is 1.07. The highest BCUT2D eigenvalue weighted by Crippen LogP contribution is 2.38. The Morgan fingerprint density at radius 3 is 0.553 bits per heavy atom. The molecule has 85 heavy (non-hydrogen) atoms. The first kappa shape index (κ1) is 54.5. The molecule has 0 aliphatic rings. The summed E-state index contributed by atoms with van der Waals surface area (Å²) in [6, 6.07) is 117. The van der Waals surface area contributed by atoms with Crippen molar-refractivity contribution in [3.63, 3.8) is 0 Å². The molecule has 0 heterocycles. The molecular formula is C84H63N. The van der Waals surface area contributed by atoms with Crippen LogP contribution in [0, 0.1) is 0 Å². The summed E-state index contributed by atoms with van der Waals surface area (Å²) < 4.78 is 0. The molecule has 0 aliphatic heterocycles. The number of hydrogen-bond acceptors (Lipinski definition) is 1. The van der Waals surface area contributed by atoms with Crippen molar-refractivity contribution in [1.29, 1.82) is 0 Å². The summed E-state index contributed by atoms with van der Waals surface area (Å²) in [5.41, 5.74) is 24.3. The fourth-order valence-electron chi connectivity index (χ4n) is 10.8. The van der Waals surface area contributed by atoms with Crippen LogP contribution in [-0.4, -0.2) is 0 Å². The zero-order chi connectivity index (χ0) is 57.2. The number of anilines is 3. The van der Waals surface area contributed by atoms with E-state index >= 15 is 0 Å². The molecule has 12 aromatic carbocycles. The van der Waals surface area contributed by atoms with Crippen molar-refractivity contribution in [2.24, 2.45) is 0 Å². The lowest BCUT2D eigenvalue weighted by Crippen LogP contribution is -2.09. The second-order valence-corrected chi connectivity index (χ2v) is 20.9. The Balaban J connectivity index is 0.789. The molecule has 404 valence electrons. The Hall–Kier alpha value is -11.1. The maximum Gasteiger partial charge on any atom is 0.0462 e. The second kappa shape index (κ2) is 27.1. The molecule has 0 aromatic heterocycles. The average molecular weight is 1090 g/mol. The van der Waals surface area contributed by atoms with Gasteiger partial charge in [0, 0.05) is 17.1 Å². The summed E-state index contributed by atoms with van der Waals surface area (Å²) in [4.78, 5) is 2.35. The molecule has 0 spiro atoms. The average Bonchev–Trinajstić information content (AvgIpc) is 3.64. The molecule has 0 saturated heterocycles. The van der Waals surface area contributed by atoms with Crippen molar-refractivity contribution < 1.29 is 0 Å². The zero-order valence-corrected chi connectivity index (χ0v) is 47.3. The number of nitrogens with zero attached hydrogens (tertiary/aromatic N) is 1. The maximum atomic E-state index is 2.35. The van der Waals surface area contributed by atoms with Crippen LogP contribution in [-0.2, 0) is 0 Å². The third-order valence-corrected chi connectivity index (χ3v) is 15.3. The molecule has 0 amide bonds. The van der Waals surface area contributed by atoms with E-state index in [1.807, 2.05) is 0 Å². The van der Waals surface area contributed by atoms with Gasteiger partial charge in [-0.3, -0.25) is 0 Å². The summed E-state index contributed by atoms with van der Waals surface area (Å²) in [7, 11) is 0. The van der Waals surface area contributed by atoms with Crippen molar-refractivity contribution in [2.75, 3.05) is 4.90 Å². The first-order valence-corrected chi connectivity index (χ1v) is 29.0. The van der Waals surface area contributed by atoms with E-state index in [-0.39, 0.29) is 0 Å². The van der Waals surface area contributed by atoms with Crippen LogP contribution in [0.3, 0.4) is 0 Å². The summed E-state index contributed by atoms with van der Waals surface area (Å²) in [6.45, 7) is 0. The van der Waals surface area contributed by atoms with Gasteiger partial charge in [-0.15, -0.1) is 0 Å². The largest absolute Gasteiger partial charge is 0.311 e. The van der Waals surface area contributed by atoms with Gasteiger partial charge >= 0.3 is 0 Å². The van der Waals surface area contributed by atoms with E-state index in [1.54, 1.807) is 0 Å². The first-order chi connectivity index (χ1) is 42.1. The topological polar surface area (TPSA) is 3.24 Å². The number of hydrogen-bond donors (Lipinski definition) is 0. The Labute approximate surface area is 501 Å². The lowest BCUT2D eigenvalue weighted by Gasteiger charge is -2.26. The van der Waals surface area contributed by atoms with Crippen LogP contribution in [0.2, 0.25) is 0 Å². The summed E-state index contributed by atoms with van der Waals surface area (Å²) in [5.74, 6) is 0. The molecule has 0 atom stereocenters. The van der Waals surface area contributed by atoms with E-state index in [1.165, 1.54) is 50.1 Å². The molecular weight excluding hydrogens is 1020 g/mol. The fourth-order valence-corrected chi connectivity index (χ4v) is 10.8. The zero-order valence-electron chi connectivity index (χ0n) is 47.3. The lowest BCUT2D eigenvalue weighted by molar-refractivity contribution is 1.28. The summed E-state index contributed by atoms with van der Waals surface area (Å²) in [6.07, 6.45) is 19.6. The van der Waals surface area contributed by atoms with E-state index in [0.29, 0.717) is 0 Å². The molecule has 1 nitrogen and oxygen atoms in total. The van der Waals surface area contributed by atoms with Crippen molar-refractivity contribution in [2.45, 2.75) is 0 Å². The molecule has 12 aromatic rings. The molecule has 0 radical (unpaired) electrons. The highest BCUT2D eigenvalue weighted by molar-refractivity contribution is 5.85. The normalized spacial score (nSPS) is 11.2. The van der Waals surface area contributed by atoms with Crippen molar-refractivity contribution in [3.8, 4) is 33.4 Å². The number of allylic oxidation sites excluding steroid dienone is 6. The minimum Gasteiger partial charge on any atom is -0.311 e. The number of benzene rings is 12. The fraction of sp³-hybridized carbons (Fsp3) is 0. The first-order valence-electron chi connectivity index (χ1n) is 29.0. The standard InChI is InChI=1S/C84H63N/c1-7-25-73(26-8-1)82(74-27-9-2-10-28-74)37-19-22-64-40-46-67(47-41-64)70-52-58-79(59-53-70)85(80-60-54-71(55-61-80)68-48-42-65(43-49-68)23-20-38-83(75-29-11-3-12-30-75)76-31-13-4-14-32-76)81-62-56-72(57-63-81)69-50-44-66(45-51-69)24-21-39-84(77-33-15-5-16-34-77)78-35-17-6-18-36-78/h1-63H. The monoisotopic (exact) mass is 1090 g/mol. The van der Waals surface area contributed by atoms with Gasteiger partial charge in [0.15, 0.2) is 0 Å². The molecule has 0 bridgehead atoms. The Bertz CT molecular complexity index is 3680. The second-order valence-electron chi connectivity index (χ2n) is 20.9. The summed E-state index contributed by atoms with van der Waals surface area (Å²) in [5, 5.41) is 0. The van der Waals surface area contributed by atoms with Gasteiger partial charge in [0.2, 0.25) is 0 Å². The van der Waals surface area contributed by atoms with E-state index < -0.39 is 0 Å². The van der Waals surface area contributed by atoms with Gasteiger partial charge in [-0.25, -0.2) is 0 Å². The predicted molar refractivity (Wildman–Crippen MR) is 364 cm³/mol. The SMILES string of the molecule is C(=Cc1ccc(-c2ccc(N(c3ccc(-c4ccc(C=CC=C(c5ccccc5)c5ccccc5)cc4)cc3)c3ccc(-c4ccc(C=CC=C(c5ccccc5)c5ccccc5)cc4)cc3)cc2)cc1)C=C(c1ccccc1)c1ccccc1. The van der Waals surface area contributed by atoms with Crippen molar-refractivity contribution in [3.05, 3.63) is 414 Å². The van der Waals surface area contributed by atoms with E-state index in [0.717, 1.165) is 67.1 Å². The maximum absolute atomic E-state index is 2.35. The molecule has 0 aliphatic carbocycles. The smallest absolute Gasteiger partial charge is 0.0462 e. The van der Waals surface area contributed by atoms with Crippen LogP contribution in [0.1, 0.15) is 50.1 Å². The van der Waals surface area contributed by atoms with E-state index in [2.05, 4.69) is 387 Å². The Kier molecular flexibility index (Phi) is 17.4. The number of rotatable bonds is 18. The summed E-state index contributed by atoms with van der Waals surface area (Å²) >= 11 is 0. The third-order valence-electron chi connectivity index (χ3n) is 15.3. The third kappa shape index (κ3) is 13.8. The van der Waals surface area contributed by atoms with Gasteiger partial charge in [-0.2, -0.15) is 0 Å². The lowest BCUT2D eigenvalue weighted by atomic mass is 9.97. The molecule has 0 unspecified atom stereocenters. The van der Waals surface area contributed by atoms with Crippen molar-refractivity contribution >= 4 is 52.0 Å². The molecule has 12 rings (SSSR count).